The van der Waals surface area contributed by atoms with Crippen molar-refractivity contribution in [3.8, 4) is 0 Å². The number of rotatable bonds is 9. The molecule has 0 bridgehead atoms. The number of aryl methyl sites for hydroxylation is 1. The maximum atomic E-state index is 2.45. The smallest absolute Gasteiger partial charge is 0.0188 e. The summed E-state index contributed by atoms with van der Waals surface area (Å²) in [5, 5.41) is 0. The van der Waals surface area contributed by atoms with E-state index < -0.39 is 0 Å². The van der Waals surface area contributed by atoms with Crippen molar-refractivity contribution in [3.05, 3.63) is 47.5 Å². The molecule has 1 atom stereocenters. The van der Waals surface area contributed by atoms with Crippen LogP contribution in [0.2, 0.25) is 0 Å². The van der Waals surface area contributed by atoms with Crippen molar-refractivity contribution in [1.82, 2.24) is 0 Å². The highest BCUT2D eigenvalue weighted by atomic mass is 14.4. The SMILES string of the molecule is CC=CCCC1CCC(C2CCC(C[C@@H](C)c3ccc(CCC)cc3)CC2)CC1. The minimum atomic E-state index is 0.722. The Labute approximate surface area is 181 Å². The van der Waals surface area contributed by atoms with Gasteiger partial charge in [0, 0.05) is 0 Å². The zero-order valence-electron chi connectivity index (χ0n) is 19.5. The number of allylic oxidation sites excluding steroid dienone is 2. The molecule has 1 aromatic carbocycles. The van der Waals surface area contributed by atoms with Gasteiger partial charge in [0.2, 0.25) is 0 Å². The van der Waals surface area contributed by atoms with E-state index in [2.05, 4.69) is 57.2 Å². The second-order valence-electron chi connectivity index (χ2n) is 10.3. The monoisotopic (exact) mass is 394 g/mol. The fraction of sp³-hybridized carbons (Fsp3) is 0.724. The summed E-state index contributed by atoms with van der Waals surface area (Å²) in [6, 6.07) is 9.52. The molecule has 1 aromatic rings. The Bertz CT molecular complexity index is 579. The maximum absolute atomic E-state index is 2.45. The zero-order valence-corrected chi connectivity index (χ0v) is 19.5. The van der Waals surface area contributed by atoms with Crippen molar-refractivity contribution in [2.75, 3.05) is 0 Å². The van der Waals surface area contributed by atoms with Crippen LogP contribution in [0.5, 0.6) is 0 Å². The highest BCUT2D eigenvalue weighted by molar-refractivity contribution is 5.25. The van der Waals surface area contributed by atoms with Crippen molar-refractivity contribution in [2.45, 2.75) is 110 Å². The lowest BCUT2D eigenvalue weighted by atomic mass is 9.67. The van der Waals surface area contributed by atoms with E-state index >= 15 is 0 Å². The van der Waals surface area contributed by atoms with Crippen LogP contribution in [0, 0.1) is 23.7 Å². The van der Waals surface area contributed by atoms with Gasteiger partial charge in [0.25, 0.3) is 0 Å². The number of hydrogen-bond donors (Lipinski definition) is 0. The van der Waals surface area contributed by atoms with Crippen LogP contribution in [0.1, 0.15) is 115 Å². The Balaban J connectivity index is 1.37. The third kappa shape index (κ3) is 7.01. The minimum Gasteiger partial charge on any atom is -0.0917 e. The van der Waals surface area contributed by atoms with Crippen LogP contribution in [0.4, 0.5) is 0 Å². The molecule has 0 aliphatic heterocycles. The van der Waals surface area contributed by atoms with E-state index in [1.54, 1.807) is 5.56 Å². The largest absolute Gasteiger partial charge is 0.0917 e. The molecule has 0 heterocycles. The Hall–Kier alpha value is -1.04. The molecule has 0 unspecified atom stereocenters. The van der Waals surface area contributed by atoms with E-state index in [1.165, 1.54) is 89.0 Å². The predicted octanol–water partition coefficient (Wildman–Crippen LogP) is 9.10. The van der Waals surface area contributed by atoms with Gasteiger partial charge in [-0.25, -0.2) is 0 Å². The van der Waals surface area contributed by atoms with Gasteiger partial charge in [0.15, 0.2) is 0 Å². The summed E-state index contributed by atoms with van der Waals surface area (Å²) in [6.07, 6.45) is 23.2. The summed E-state index contributed by atoms with van der Waals surface area (Å²) in [7, 11) is 0. The van der Waals surface area contributed by atoms with E-state index in [4.69, 9.17) is 0 Å². The van der Waals surface area contributed by atoms with E-state index in [1.807, 2.05) is 0 Å². The van der Waals surface area contributed by atoms with Crippen LogP contribution in [-0.4, -0.2) is 0 Å². The van der Waals surface area contributed by atoms with Crippen molar-refractivity contribution in [3.63, 3.8) is 0 Å². The summed E-state index contributed by atoms with van der Waals surface area (Å²) >= 11 is 0. The van der Waals surface area contributed by atoms with Gasteiger partial charge in [-0.2, -0.15) is 0 Å². The third-order valence-corrected chi connectivity index (χ3v) is 8.20. The van der Waals surface area contributed by atoms with Gasteiger partial charge in [0.1, 0.15) is 0 Å². The highest BCUT2D eigenvalue weighted by Crippen LogP contribution is 2.43. The summed E-state index contributed by atoms with van der Waals surface area (Å²) in [5.74, 6) is 4.81. The first-order valence-corrected chi connectivity index (χ1v) is 12.9. The lowest BCUT2D eigenvalue weighted by molar-refractivity contribution is 0.139. The zero-order chi connectivity index (χ0) is 20.5. The van der Waals surface area contributed by atoms with Crippen molar-refractivity contribution in [1.29, 1.82) is 0 Å². The number of hydrogen-bond acceptors (Lipinski definition) is 0. The van der Waals surface area contributed by atoms with Gasteiger partial charge in [-0.3, -0.25) is 0 Å². The molecule has 2 fully saturated rings. The first-order chi connectivity index (χ1) is 14.2. The lowest BCUT2D eigenvalue weighted by Gasteiger charge is -2.38. The number of benzene rings is 1. The van der Waals surface area contributed by atoms with Crippen molar-refractivity contribution < 1.29 is 0 Å². The lowest BCUT2D eigenvalue weighted by Crippen LogP contribution is -2.26. The molecule has 0 radical (unpaired) electrons. The molecule has 0 aromatic heterocycles. The molecular formula is C29H46. The quantitative estimate of drug-likeness (QED) is 0.366. The Morgan fingerprint density at radius 3 is 2.00 bits per heavy atom. The Morgan fingerprint density at radius 1 is 0.862 bits per heavy atom. The molecule has 0 heteroatoms. The van der Waals surface area contributed by atoms with E-state index in [9.17, 15) is 0 Å². The average Bonchev–Trinajstić information content (AvgIpc) is 2.76. The minimum absolute atomic E-state index is 0.722. The molecule has 2 aliphatic rings. The molecule has 2 saturated carbocycles. The predicted molar refractivity (Wildman–Crippen MR) is 128 cm³/mol. The van der Waals surface area contributed by atoms with Gasteiger partial charge in [-0.05, 0) is 99.0 Å². The van der Waals surface area contributed by atoms with Gasteiger partial charge in [-0.15, -0.1) is 0 Å². The van der Waals surface area contributed by atoms with E-state index in [0.29, 0.717) is 0 Å². The fourth-order valence-electron chi connectivity index (χ4n) is 6.28. The molecule has 162 valence electrons. The highest BCUT2D eigenvalue weighted by Gasteiger charge is 2.31. The van der Waals surface area contributed by atoms with Crippen LogP contribution in [0.3, 0.4) is 0 Å². The van der Waals surface area contributed by atoms with E-state index in [-0.39, 0.29) is 0 Å². The first-order valence-electron chi connectivity index (χ1n) is 12.9. The van der Waals surface area contributed by atoms with Crippen LogP contribution in [0.15, 0.2) is 36.4 Å². The molecule has 0 spiro atoms. The van der Waals surface area contributed by atoms with Crippen LogP contribution < -0.4 is 0 Å². The second-order valence-corrected chi connectivity index (χ2v) is 10.3. The molecule has 29 heavy (non-hydrogen) atoms. The first kappa shape index (κ1) is 22.6. The van der Waals surface area contributed by atoms with Crippen LogP contribution in [-0.2, 0) is 6.42 Å². The molecule has 0 N–H and O–H groups in total. The second kappa shape index (κ2) is 12.0. The summed E-state index contributed by atoms with van der Waals surface area (Å²) < 4.78 is 0. The van der Waals surface area contributed by atoms with Crippen LogP contribution in [0.25, 0.3) is 0 Å². The average molecular weight is 395 g/mol. The van der Waals surface area contributed by atoms with Gasteiger partial charge in [0.05, 0.1) is 0 Å². The van der Waals surface area contributed by atoms with Crippen LogP contribution >= 0.6 is 0 Å². The molecule has 0 saturated heterocycles. The van der Waals surface area contributed by atoms with Gasteiger partial charge >= 0.3 is 0 Å². The molecule has 0 nitrogen and oxygen atoms in total. The fourth-order valence-corrected chi connectivity index (χ4v) is 6.28. The normalized spacial score (nSPS) is 29.2. The van der Waals surface area contributed by atoms with Gasteiger partial charge < -0.3 is 0 Å². The van der Waals surface area contributed by atoms with E-state index in [0.717, 1.165) is 29.6 Å². The topological polar surface area (TPSA) is 0 Å². The summed E-state index contributed by atoms with van der Waals surface area (Å²) in [4.78, 5) is 0. The molecular weight excluding hydrogens is 348 g/mol. The van der Waals surface area contributed by atoms with Crippen molar-refractivity contribution >= 4 is 0 Å². The summed E-state index contributed by atoms with van der Waals surface area (Å²) in [6.45, 7) is 6.87. The summed E-state index contributed by atoms with van der Waals surface area (Å²) in [5.41, 5.74) is 3.06. The third-order valence-electron chi connectivity index (χ3n) is 8.20. The Morgan fingerprint density at radius 2 is 1.45 bits per heavy atom. The van der Waals surface area contributed by atoms with Gasteiger partial charge in [-0.1, -0.05) is 82.4 Å². The maximum Gasteiger partial charge on any atom is -0.0188 e. The Kier molecular flexibility index (Phi) is 9.35. The molecule has 0 amide bonds. The molecule has 3 rings (SSSR count). The molecule has 2 aliphatic carbocycles. The van der Waals surface area contributed by atoms with Crippen molar-refractivity contribution in [2.24, 2.45) is 23.7 Å². The standard InChI is InChI=1S/C29H46/c1-4-6-7-9-25-12-18-28(19-13-25)29-20-14-26(15-21-29)22-23(3)27-16-10-24(8-5-2)11-17-27/h4,6,10-11,16-17,23,25-26,28-29H,5,7-9,12-15,18-22H2,1-3H3/t23-,25?,26?,28?,29?/m1/s1.